The number of hydrogen-bond acceptors (Lipinski definition) is 2. The number of likely N-dealkylation sites (N-methyl/N-ethyl adjacent to an activating group) is 1. The third kappa shape index (κ3) is 3.41. The Morgan fingerprint density at radius 1 is 1.53 bits per heavy atom. The average Bonchev–Trinajstić information content (AvgIpc) is 2.35. The van der Waals surface area contributed by atoms with Crippen LogP contribution in [0.5, 0.6) is 0 Å². The lowest BCUT2D eigenvalue weighted by atomic mass is 10.1. The fraction of sp³-hybridized carbons (Fsp3) is 0.538. The van der Waals surface area contributed by atoms with Crippen molar-refractivity contribution in [2.24, 2.45) is 0 Å². The smallest absolute Gasteiger partial charge is 0.141 e. The zero-order valence-corrected chi connectivity index (χ0v) is 10.8. The Kier molecular flexibility index (Phi) is 4.37. The van der Waals surface area contributed by atoms with E-state index in [2.05, 4.69) is 17.3 Å². The maximum Gasteiger partial charge on any atom is 0.141 e. The fourth-order valence-corrected chi connectivity index (χ4v) is 2.47. The molecule has 2 rings (SSSR count). The number of halogens is 2. The molecule has 1 aliphatic heterocycles. The van der Waals surface area contributed by atoms with Gasteiger partial charge in [-0.15, -0.1) is 0 Å². The molecule has 1 fully saturated rings. The first kappa shape index (κ1) is 12.8. The highest BCUT2D eigenvalue weighted by molar-refractivity contribution is 6.30. The second-order valence-corrected chi connectivity index (χ2v) is 5.07. The van der Waals surface area contributed by atoms with Crippen LogP contribution in [0.2, 0.25) is 5.02 Å². The zero-order chi connectivity index (χ0) is 12.3. The Hall–Kier alpha value is -0.640. The van der Waals surface area contributed by atoms with Crippen molar-refractivity contribution in [2.45, 2.75) is 25.4 Å². The van der Waals surface area contributed by atoms with E-state index in [0.717, 1.165) is 25.2 Å². The van der Waals surface area contributed by atoms with Crippen LogP contribution in [0.25, 0.3) is 0 Å². The molecule has 1 aliphatic rings. The Balaban J connectivity index is 1.96. The van der Waals surface area contributed by atoms with Crippen LogP contribution in [0.1, 0.15) is 18.4 Å². The molecule has 1 atom stereocenters. The molecule has 94 valence electrons. The predicted octanol–water partition coefficient (Wildman–Crippen LogP) is 2.66. The lowest BCUT2D eigenvalue weighted by Crippen LogP contribution is -2.43. The average molecular weight is 257 g/mol. The molecular weight excluding hydrogens is 239 g/mol. The molecule has 0 aromatic heterocycles. The summed E-state index contributed by atoms with van der Waals surface area (Å²) < 4.78 is 13.0. The van der Waals surface area contributed by atoms with Gasteiger partial charge in [0.1, 0.15) is 5.82 Å². The second kappa shape index (κ2) is 5.80. The number of nitrogens with one attached hydrogen (secondary N) is 1. The van der Waals surface area contributed by atoms with E-state index in [-0.39, 0.29) is 10.8 Å². The minimum absolute atomic E-state index is 0.206. The standard InChI is InChI=1S/C13H18ClFN2/c1-17(11-3-2-6-16-8-11)9-10-4-5-13(15)12(14)7-10/h4-5,7,11,16H,2-3,6,8-9H2,1H3. The van der Waals surface area contributed by atoms with E-state index in [1.54, 1.807) is 12.1 Å². The minimum atomic E-state index is -0.350. The Bertz CT molecular complexity index is 378. The van der Waals surface area contributed by atoms with Crippen molar-refractivity contribution in [1.29, 1.82) is 0 Å². The SMILES string of the molecule is CN(Cc1ccc(F)c(Cl)c1)C1CCCNC1. The summed E-state index contributed by atoms with van der Waals surface area (Å²) in [6.45, 7) is 2.96. The summed E-state index contributed by atoms with van der Waals surface area (Å²) in [7, 11) is 2.11. The summed E-state index contributed by atoms with van der Waals surface area (Å²) in [4.78, 5) is 2.30. The van der Waals surface area contributed by atoms with Crippen molar-refractivity contribution in [1.82, 2.24) is 10.2 Å². The molecule has 0 amide bonds. The molecule has 1 aromatic carbocycles. The van der Waals surface area contributed by atoms with Crippen molar-refractivity contribution in [3.8, 4) is 0 Å². The van der Waals surface area contributed by atoms with Gasteiger partial charge in [-0.2, -0.15) is 0 Å². The molecule has 0 aliphatic carbocycles. The van der Waals surface area contributed by atoms with Gasteiger partial charge in [0.15, 0.2) is 0 Å². The van der Waals surface area contributed by atoms with Gasteiger partial charge < -0.3 is 5.32 Å². The van der Waals surface area contributed by atoms with Crippen molar-refractivity contribution in [3.05, 3.63) is 34.6 Å². The van der Waals surface area contributed by atoms with E-state index in [1.165, 1.54) is 18.9 Å². The van der Waals surface area contributed by atoms with Gasteiger partial charge in [0.25, 0.3) is 0 Å². The molecule has 0 bridgehead atoms. The van der Waals surface area contributed by atoms with Gasteiger partial charge >= 0.3 is 0 Å². The maximum atomic E-state index is 13.0. The summed E-state index contributed by atoms with van der Waals surface area (Å²) in [6.07, 6.45) is 2.44. The van der Waals surface area contributed by atoms with Crippen LogP contribution in [0.15, 0.2) is 18.2 Å². The normalized spacial score (nSPS) is 20.8. The van der Waals surface area contributed by atoms with E-state index < -0.39 is 0 Å². The van der Waals surface area contributed by atoms with Crippen LogP contribution in [-0.2, 0) is 6.54 Å². The van der Waals surface area contributed by atoms with Crippen LogP contribution < -0.4 is 5.32 Å². The van der Waals surface area contributed by atoms with Gasteiger partial charge in [0, 0.05) is 19.1 Å². The van der Waals surface area contributed by atoms with Gasteiger partial charge in [0.05, 0.1) is 5.02 Å². The lowest BCUT2D eigenvalue weighted by molar-refractivity contribution is 0.196. The highest BCUT2D eigenvalue weighted by Gasteiger charge is 2.17. The molecule has 0 spiro atoms. The van der Waals surface area contributed by atoms with Gasteiger partial charge in [-0.1, -0.05) is 17.7 Å². The quantitative estimate of drug-likeness (QED) is 0.895. The first-order chi connectivity index (χ1) is 8.16. The second-order valence-electron chi connectivity index (χ2n) is 4.66. The van der Waals surface area contributed by atoms with E-state index in [4.69, 9.17) is 11.6 Å². The van der Waals surface area contributed by atoms with E-state index in [9.17, 15) is 4.39 Å². The summed E-state index contributed by atoms with van der Waals surface area (Å²) in [5, 5.41) is 3.60. The van der Waals surface area contributed by atoms with Gasteiger partial charge in [0.2, 0.25) is 0 Å². The van der Waals surface area contributed by atoms with Gasteiger partial charge in [-0.25, -0.2) is 4.39 Å². The molecule has 1 aromatic rings. The maximum absolute atomic E-state index is 13.0. The molecule has 4 heteroatoms. The Morgan fingerprint density at radius 3 is 3.00 bits per heavy atom. The number of benzene rings is 1. The van der Waals surface area contributed by atoms with Gasteiger partial charge in [-0.3, -0.25) is 4.90 Å². The van der Waals surface area contributed by atoms with E-state index >= 15 is 0 Å². The first-order valence-corrected chi connectivity index (χ1v) is 6.39. The van der Waals surface area contributed by atoms with Crippen molar-refractivity contribution in [2.75, 3.05) is 20.1 Å². The van der Waals surface area contributed by atoms with Crippen LogP contribution in [0.3, 0.4) is 0 Å². The van der Waals surface area contributed by atoms with Crippen LogP contribution in [-0.4, -0.2) is 31.1 Å². The lowest BCUT2D eigenvalue weighted by Gasteiger charge is -2.31. The van der Waals surface area contributed by atoms with E-state index in [0.29, 0.717) is 6.04 Å². The topological polar surface area (TPSA) is 15.3 Å². The van der Waals surface area contributed by atoms with Crippen molar-refractivity contribution < 1.29 is 4.39 Å². The first-order valence-electron chi connectivity index (χ1n) is 6.01. The molecule has 0 radical (unpaired) electrons. The number of piperidine rings is 1. The highest BCUT2D eigenvalue weighted by atomic mass is 35.5. The largest absolute Gasteiger partial charge is 0.315 e. The number of hydrogen-bond donors (Lipinski definition) is 1. The minimum Gasteiger partial charge on any atom is -0.315 e. The zero-order valence-electron chi connectivity index (χ0n) is 10.0. The predicted molar refractivity (Wildman–Crippen MR) is 68.8 cm³/mol. The summed E-state index contributed by atoms with van der Waals surface area (Å²) in [5.41, 5.74) is 1.06. The molecular formula is C13H18ClFN2. The van der Waals surface area contributed by atoms with Crippen molar-refractivity contribution in [3.63, 3.8) is 0 Å². The number of rotatable bonds is 3. The van der Waals surface area contributed by atoms with Crippen LogP contribution in [0, 0.1) is 5.82 Å². The van der Waals surface area contributed by atoms with Gasteiger partial charge in [-0.05, 0) is 44.1 Å². The molecule has 17 heavy (non-hydrogen) atoms. The Morgan fingerprint density at radius 2 is 2.35 bits per heavy atom. The van der Waals surface area contributed by atoms with Crippen LogP contribution >= 0.6 is 11.6 Å². The highest BCUT2D eigenvalue weighted by Crippen LogP contribution is 2.18. The van der Waals surface area contributed by atoms with Crippen molar-refractivity contribution >= 4 is 11.6 Å². The molecule has 1 saturated heterocycles. The molecule has 2 nitrogen and oxygen atoms in total. The molecule has 0 saturated carbocycles. The third-order valence-corrected chi connectivity index (χ3v) is 3.60. The fourth-order valence-electron chi connectivity index (χ4n) is 2.26. The molecule has 1 unspecified atom stereocenters. The number of nitrogens with zero attached hydrogens (tertiary/aromatic N) is 1. The summed E-state index contributed by atoms with van der Waals surface area (Å²) in [5.74, 6) is -0.350. The summed E-state index contributed by atoms with van der Waals surface area (Å²) in [6, 6.07) is 5.51. The molecule has 1 N–H and O–H groups in total. The monoisotopic (exact) mass is 256 g/mol. The molecule has 1 heterocycles. The third-order valence-electron chi connectivity index (χ3n) is 3.31. The Labute approximate surface area is 107 Å². The van der Waals surface area contributed by atoms with E-state index in [1.807, 2.05) is 0 Å². The van der Waals surface area contributed by atoms with Crippen LogP contribution in [0.4, 0.5) is 4.39 Å². The summed E-state index contributed by atoms with van der Waals surface area (Å²) >= 11 is 5.78.